The lowest BCUT2D eigenvalue weighted by molar-refractivity contribution is -0.157. The summed E-state index contributed by atoms with van der Waals surface area (Å²) in [5.41, 5.74) is -0.278. The minimum absolute atomic E-state index is 0.0485. The zero-order valence-corrected chi connectivity index (χ0v) is 13.0. The molecule has 0 N–H and O–H groups in total. The van der Waals surface area contributed by atoms with Gasteiger partial charge in [0.25, 0.3) is 0 Å². The fourth-order valence-corrected chi connectivity index (χ4v) is 3.89. The molecule has 2 aromatic rings. The molecule has 0 bridgehead atoms. The Morgan fingerprint density at radius 1 is 0.636 bits per heavy atom. The molecule has 0 heterocycles. The summed E-state index contributed by atoms with van der Waals surface area (Å²) < 4.78 is 0. The van der Waals surface area contributed by atoms with Crippen LogP contribution in [0.5, 0.6) is 0 Å². The molecule has 0 atom stereocenters. The third kappa shape index (κ3) is 1.61. The smallest absolute Gasteiger partial charge is 0.168 e. The Morgan fingerprint density at radius 3 is 1.23 bits per heavy atom. The van der Waals surface area contributed by atoms with Crippen molar-refractivity contribution in [3.8, 4) is 0 Å². The number of Topliss-reactive ketones (excluding diaryl/α,β-unsaturated/α-hetero) is 2. The van der Waals surface area contributed by atoms with Gasteiger partial charge in [-0.2, -0.15) is 0 Å². The zero-order valence-electron chi connectivity index (χ0n) is 13.0. The first-order chi connectivity index (χ1) is 10.6. The SMILES string of the molecule is CCC1(c2ccccc2)C(=O)C(CC)(c2ccccc2)C1=O. The number of benzene rings is 2. The van der Waals surface area contributed by atoms with E-state index in [4.69, 9.17) is 0 Å². The Bertz CT molecular complexity index is 626. The fraction of sp³-hybridized carbons (Fsp3) is 0.300. The van der Waals surface area contributed by atoms with Crippen LogP contribution in [-0.2, 0) is 20.4 Å². The molecule has 1 fully saturated rings. The van der Waals surface area contributed by atoms with Gasteiger partial charge in [-0.25, -0.2) is 0 Å². The van der Waals surface area contributed by atoms with Crippen LogP contribution >= 0.6 is 0 Å². The quantitative estimate of drug-likeness (QED) is 0.802. The summed E-state index contributed by atoms with van der Waals surface area (Å²) in [6, 6.07) is 18.9. The molecule has 0 spiro atoms. The van der Waals surface area contributed by atoms with Crippen molar-refractivity contribution in [2.45, 2.75) is 37.5 Å². The molecule has 1 saturated carbocycles. The first kappa shape index (κ1) is 14.7. The van der Waals surface area contributed by atoms with E-state index in [1.165, 1.54) is 0 Å². The van der Waals surface area contributed by atoms with E-state index in [9.17, 15) is 9.59 Å². The lowest BCUT2D eigenvalue weighted by Gasteiger charge is -2.52. The number of carbonyl (C=O) groups excluding carboxylic acids is 2. The number of hydrogen-bond donors (Lipinski definition) is 0. The fourth-order valence-electron chi connectivity index (χ4n) is 3.89. The highest BCUT2D eigenvalue weighted by molar-refractivity contribution is 6.38. The van der Waals surface area contributed by atoms with Crippen molar-refractivity contribution >= 4 is 11.6 Å². The van der Waals surface area contributed by atoms with E-state index in [1.54, 1.807) is 0 Å². The van der Waals surface area contributed by atoms with Crippen LogP contribution in [0.1, 0.15) is 37.8 Å². The van der Waals surface area contributed by atoms with E-state index in [2.05, 4.69) is 0 Å². The standard InChI is InChI=1S/C20H20O2/c1-3-19(15-11-7-5-8-12-15)17(21)20(4-2,18(19)22)16-13-9-6-10-14-16/h5-14H,3-4H2,1-2H3. The summed E-state index contributed by atoms with van der Waals surface area (Å²) in [4.78, 5) is 26.5. The maximum absolute atomic E-state index is 13.3. The number of carbonyl (C=O) groups is 2. The second-order valence-electron chi connectivity index (χ2n) is 5.91. The molecule has 0 aliphatic heterocycles. The van der Waals surface area contributed by atoms with Gasteiger partial charge < -0.3 is 0 Å². The monoisotopic (exact) mass is 292 g/mol. The maximum atomic E-state index is 13.3. The molecule has 1 aliphatic rings. The molecule has 2 heteroatoms. The highest BCUT2D eigenvalue weighted by Crippen LogP contribution is 2.53. The Kier molecular flexibility index (Phi) is 3.48. The van der Waals surface area contributed by atoms with Crippen LogP contribution in [0.25, 0.3) is 0 Å². The molecule has 0 radical (unpaired) electrons. The van der Waals surface area contributed by atoms with Gasteiger partial charge in [-0.1, -0.05) is 74.5 Å². The second-order valence-corrected chi connectivity index (χ2v) is 5.91. The summed E-state index contributed by atoms with van der Waals surface area (Å²) in [7, 11) is 0. The van der Waals surface area contributed by atoms with Crippen molar-refractivity contribution in [3.05, 3.63) is 71.8 Å². The van der Waals surface area contributed by atoms with Crippen molar-refractivity contribution in [3.63, 3.8) is 0 Å². The molecule has 0 amide bonds. The molecule has 0 aromatic heterocycles. The maximum Gasteiger partial charge on any atom is 0.168 e. The minimum Gasteiger partial charge on any atom is -0.297 e. The normalized spacial score (nSPS) is 27.5. The largest absolute Gasteiger partial charge is 0.297 e. The molecule has 2 nitrogen and oxygen atoms in total. The van der Waals surface area contributed by atoms with Crippen molar-refractivity contribution in [2.24, 2.45) is 0 Å². The van der Waals surface area contributed by atoms with Crippen LogP contribution in [-0.4, -0.2) is 11.6 Å². The number of rotatable bonds is 4. The van der Waals surface area contributed by atoms with Crippen LogP contribution in [0.3, 0.4) is 0 Å². The van der Waals surface area contributed by atoms with Gasteiger partial charge in [0, 0.05) is 0 Å². The van der Waals surface area contributed by atoms with Gasteiger partial charge in [0.05, 0.1) is 0 Å². The average Bonchev–Trinajstić information content (AvgIpc) is 2.59. The zero-order chi connectivity index (χ0) is 15.8. The summed E-state index contributed by atoms with van der Waals surface area (Å²) in [5, 5.41) is 0. The molecule has 1 aliphatic carbocycles. The Balaban J connectivity index is 2.14. The van der Waals surface area contributed by atoms with Crippen molar-refractivity contribution in [1.29, 1.82) is 0 Å². The van der Waals surface area contributed by atoms with E-state index in [-0.39, 0.29) is 11.6 Å². The Hall–Kier alpha value is -2.22. The molecule has 3 rings (SSSR count). The summed E-state index contributed by atoms with van der Waals surface area (Å²) in [5.74, 6) is 0.0970. The first-order valence-electron chi connectivity index (χ1n) is 7.85. The molecular weight excluding hydrogens is 272 g/mol. The summed E-state index contributed by atoms with van der Waals surface area (Å²) in [6.07, 6.45) is 1.03. The minimum atomic E-state index is -0.965. The predicted molar refractivity (Wildman–Crippen MR) is 86.8 cm³/mol. The van der Waals surface area contributed by atoms with Crippen molar-refractivity contribution in [1.82, 2.24) is 0 Å². The number of hydrogen-bond acceptors (Lipinski definition) is 2. The molecule has 112 valence electrons. The van der Waals surface area contributed by atoms with Crippen LogP contribution in [0, 0.1) is 0 Å². The van der Waals surface area contributed by atoms with Gasteiger partial charge >= 0.3 is 0 Å². The molecule has 0 unspecified atom stereocenters. The van der Waals surface area contributed by atoms with Crippen LogP contribution < -0.4 is 0 Å². The molecule has 2 aromatic carbocycles. The van der Waals surface area contributed by atoms with E-state index in [1.807, 2.05) is 74.5 Å². The Labute approximate surface area is 131 Å². The van der Waals surface area contributed by atoms with E-state index in [0.717, 1.165) is 11.1 Å². The van der Waals surface area contributed by atoms with Gasteiger partial charge in [0.2, 0.25) is 0 Å². The average molecular weight is 292 g/mol. The van der Waals surface area contributed by atoms with Crippen molar-refractivity contribution < 1.29 is 9.59 Å². The van der Waals surface area contributed by atoms with Crippen LogP contribution in [0.2, 0.25) is 0 Å². The highest BCUT2D eigenvalue weighted by atomic mass is 16.2. The van der Waals surface area contributed by atoms with Crippen molar-refractivity contribution in [2.75, 3.05) is 0 Å². The lowest BCUT2D eigenvalue weighted by atomic mass is 9.44. The summed E-state index contributed by atoms with van der Waals surface area (Å²) in [6.45, 7) is 3.85. The first-order valence-corrected chi connectivity index (χ1v) is 7.85. The van der Waals surface area contributed by atoms with Crippen LogP contribution in [0.15, 0.2) is 60.7 Å². The Morgan fingerprint density at radius 2 is 0.955 bits per heavy atom. The third-order valence-corrected chi connectivity index (χ3v) is 5.14. The van der Waals surface area contributed by atoms with Gasteiger partial charge in [-0.05, 0) is 24.0 Å². The molecular formula is C20H20O2. The second kappa shape index (κ2) is 5.20. The molecule has 0 saturated heterocycles. The van der Waals surface area contributed by atoms with E-state index < -0.39 is 10.8 Å². The van der Waals surface area contributed by atoms with Gasteiger partial charge in [0.1, 0.15) is 10.8 Å². The predicted octanol–water partition coefficient (Wildman–Crippen LogP) is 3.83. The molecule has 22 heavy (non-hydrogen) atoms. The van der Waals surface area contributed by atoms with E-state index in [0.29, 0.717) is 12.8 Å². The number of ketones is 2. The topological polar surface area (TPSA) is 34.1 Å². The van der Waals surface area contributed by atoms with Gasteiger partial charge in [0.15, 0.2) is 11.6 Å². The lowest BCUT2D eigenvalue weighted by Crippen LogP contribution is -2.71. The summed E-state index contributed by atoms with van der Waals surface area (Å²) >= 11 is 0. The van der Waals surface area contributed by atoms with E-state index >= 15 is 0 Å². The van der Waals surface area contributed by atoms with Crippen LogP contribution in [0.4, 0.5) is 0 Å². The van der Waals surface area contributed by atoms with Gasteiger partial charge in [-0.15, -0.1) is 0 Å². The van der Waals surface area contributed by atoms with Gasteiger partial charge in [-0.3, -0.25) is 9.59 Å². The highest BCUT2D eigenvalue weighted by Gasteiger charge is 2.70. The third-order valence-electron chi connectivity index (χ3n) is 5.14.